The van der Waals surface area contributed by atoms with Crippen LogP contribution in [0.1, 0.15) is 39.5 Å². The lowest BCUT2D eigenvalue weighted by molar-refractivity contribution is 0.0911. The molecule has 0 spiro atoms. The fourth-order valence-electron chi connectivity index (χ4n) is 2.09. The van der Waals surface area contributed by atoms with Crippen molar-refractivity contribution in [3.63, 3.8) is 0 Å². The van der Waals surface area contributed by atoms with Gasteiger partial charge in [0.2, 0.25) is 10.0 Å². The first-order valence-corrected chi connectivity index (χ1v) is 8.72. The smallest absolute Gasteiger partial charge is 0.213 e. The molecule has 1 aliphatic rings. The zero-order valence-electron chi connectivity index (χ0n) is 11.2. The summed E-state index contributed by atoms with van der Waals surface area (Å²) in [7, 11) is -3.23. The summed E-state index contributed by atoms with van der Waals surface area (Å²) in [4.78, 5) is 0. The van der Waals surface area contributed by atoms with Crippen molar-refractivity contribution in [3.8, 4) is 0 Å². The molecule has 1 fully saturated rings. The Balaban J connectivity index is 2.27. The van der Waals surface area contributed by atoms with Gasteiger partial charge in [0.15, 0.2) is 0 Å². The number of hydrogen-bond acceptors (Lipinski definition) is 3. The highest BCUT2D eigenvalue weighted by Gasteiger charge is 2.24. The van der Waals surface area contributed by atoms with Gasteiger partial charge in [0, 0.05) is 11.9 Å². The summed E-state index contributed by atoms with van der Waals surface area (Å²) in [5.74, 6) is 0.284. The number of halogens is 1. The van der Waals surface area contributed by atoms with Crippen LogP contribution in [0.25, 0.3) is 0 Å². The fourth-order valence-corrected chi connectivity index (χ4v) is 3.39. The van der Waals surface area contributed by atoms with Crippen molar-refractivity contribution < 1.29 is 13.2 Å². The summed E-state index contributed by atoms with van der Waals surface area (Å²) in [6.07, 6.45) is 4.36. The van der Waals surface area contributed by atoms with E-state index in [9.17, 15) is 8.42 Å². The Morgan fingerprint density at radius 2 is 2.00 bits per heavy atom. The molecule has 0 heterocycles. The van der Waals surface area contributed by atoms with Gasteiger partial charge < -0.3 is 4.74 Å². The molecule has 0 saturated heterocycles. The second kappa shape index (κ2) is 7.68. The summed E-state index contributed by atoms with van der Waals surface area (Å²) in [5, 5.41) is 0.105. The zero-order valence-corrected chi connectivity index (χ0v) is 12.8. The predicted octanol–water partition coefficient (Wildman–Crippen LogP) is 2.13. The van der Waals surface area contributed by atoms with Crippen molar-refractivity contribution in [1.29, 1.82) is 0 Å². The van der Waals surface area contributed by atoms with Crippen LogP contribution >= 0.6 is 11.6 Å². The third-order valence-corrected chi connectivity index (χ3v) is 5.07. The van der Waals surface area contributed by atoms with Crippen LogP contribution in [0.5, 0.6) is 0 Å². The summed E-state index contributed by atoms with van der Waals surface area (Å²) >= 11 is 6.20. The number of rotatable bonds is 7. The summed E-state index contributed by atoms with van der Waals surface area (Å²) in [6, 6.07) is 0. The molecule has 1 N–H and O–H groups in total. The van der Waals surface area contributed by atoms with Crippen molar-refractivity contribution >= 4 is 21.6 Å². The molecule has 108 valence electrons. The maximum atomic E-state index is 11.7. The lowest BCUT2D eigenvalue weighted by Gasteiger charge is -2.27. The first-order valence-electron chi connectivity index (χ1n) is 6.64. The van der Waals surface area contributed by atoms with E-state index >= 15 is 0 Å². The van der Waals surface area contributed by atoms with E-state index in [0.717, 1.165) is 25.7 Å². The molecule has 2 atom stereocenters. The Morgan fingerprint density at radius 1 is 1.33 bits per heavy atom. The van der Waals surface area contributed by atoms with Gasteiger partial charge in [-0.1, -0.05) is 12.8 Å². The van der Waals surface area contributed by atoms with Crippen molar-refractivity contribution in [2.45, 2.75) is 51.0 Å². The fraction of sp³-hybridized carbons (Fsp3) is 1.00. The van der Waals surface area contributed by atoms with Crippen LogP contribution in [0.4, 0.5) is 0 Å². The molecule has 1 rings (SSSR count). The Labute approximate surface area is 115 Å². The van der Waals surface area contributed by atoms with Crippen molar-refractivity contribution in [1.82, 2.24) is 4.72 Å². The van der Waals surface area contributed by atoms with Crippen molar-refractivity contribution in [3.05, 3.63) is 0 Å². The van der Waals surface area contributed by atoms with Crippen LogP contribution in [-0.2, 0) is 14.8 Å². The minimum absolute atomic E-state index is 0.0187. The second-order valence-corrected chi connectivity index (χ2v) is 7.63. The Morgan fingerprint density at radius 3 is 2.61 bits per heavy atom. The van der Waals surface area contributed by atoms with E-state index in [1.807, 2.05) is 13.8 Å². The van der Waals surface area contributed by atoms with E-state index in [1.165, 1.54) is 0 Å². The third kappa shape index (κ3) is 6.36. The quantitative estimate of drug-likeness (QED) is 0.733. The van der Waals surface area contributed by atoms with Gasteiger partial charge in [0.05, 0.1) is 18.5 Å². The highest BCUT2D eigenvalue weighted by molar-refractivity contribution is 7.89. The molecular formula is C12H24ClNO3S. The topological polar surface area (TPSA) is 55.4 Å². The first-order chi connectivity index (χ1) is 8.41. The van der Waals surface area contributed by atoms with Crippen LogP contribution < -0.4 is 4.72 Å². The van der Waals surface area contributed by atoms with Crippen LogP contribution in [0.3, 0.4) is 0 Å². The highest BCUT2D eigenvalue weighted by atomic mass is 35.5. The van der Waals surface area contributed by atoms with E-state index in [4.69, 9.17) is 16.3 Å². The van der Waals surface area contributed by atoms with Gasteiger partial charge in [-0.15, -0.1) is 11.6 Å². The maximum absolute atomic E-state index is 11.7. The molecule has 0 radical (unpaired) electrons. The highest BCUT2D eigenvalue weighted by Crippen LogP contribution is 2.28. The predicted molar refractivity (Wildman–Crippen MR) is 74.5 cm³/mol. The molecule has 0 aromatic heterocycles. The minimum atomic E-state index is -3.23. The molecule has 0 aromatic rings. The molecule has 0 bridgehead atoms. The number of ether oxygens (including phenoxy) is 1. The minimum Gasteiger partial charge on any atom is -0.378 e. The number of alkyl halides is 1. The molecule has 6 heteroatoms. The summed E-state index contributed by atoms with van der Waals surface area (Å²) < 4.78 is 31.3. The summed E-state index contributed by atoms with van der Waals surface area (Å²) in [5.41, 5.74) is 0. The van der Waals surface area contributed by atoms with Gasteiger partial charge in [0.1, 0.15) is 0 Å². The van der Waals surface area contributed by atoms with Gasteiger partial charge in [-0.25, -0.2) is 13.1 Å². The van der Waals surface area contributed by atoms with Crippen LogP contribution in [0.15, 0.2) is 0 Å². The van der Waals surface area contributed by atoms with Crippen LogP contribution in [-0.4, -0.2) is 38.8 Å². The number of hydrogen-bond donors (Lipinski definition) is 1. The monoisotopic (exact) mass is 297 g/mol. The average molecular weight is 298 g/mol. The van der Waals surface area contributed by atoms with Gasteiger partial charge in [0.25, 0.3) is 0 Å². The SMILES string of the molecule is CC(C)OCCS(=O)(=O)NCC1CCCCC1Cl. The first kappa shape index (κ1) is 16.2. The molecule has 2 unspecified atom stereocenters. The molecule has 4 nitrogen and oxygen atoms in total. The molecule has 0 aliphatic heterocycles. The molecule has 1 saturated carbocycles. The molecule has 1 aliphatic carbocycles. The maximum Gasteiger partial charge on any atom is 0.213 e. The standard InChI is InChI=1S/C12H24ClNO3S/c1-10(2)17-7-8-18(15,16)14-9-11-5-3-4-6-12(11)13/h10-12,14H,3-9H2,1-2H3. The van der Waals surface area contributed by atoms with E-state index in [-0.39, 0.29) is 29.8 Å². The van der Waals surface area contributed by atoms with E-state index < -0.39 is 10.0 Å². The number of sulfonamides is 1. The lowest BCUT2D eigenvalue weighted by Crippen LogP contribution is -2.36. The second-order valence-electron chi connectivity index (χ2n) is 5.15. The van der Waals surface area contributed by atoms with E-state index in [1.54, 1.807) is 0 Å². The lowest BCUT2D eigenvalue weighted by atomic mass is 9.89. The summed E-state index contributed by atoms with van der Waals surface area (Å²) in [6.45, 7) is 4.47. The zero-order chi connectivity index (χ0) is 13.6. The Kier molecular flexibility index (Phi) is 6.92. The largest absolute Gasteiger partial charge is 0.378 e. The van der Waals surface area contributed by atoms with E-state index in [0.29, 0.717) is 6.54 Å². The molecule has 18 heavy (non-hydrogen) atoms. The van der Waals surface area contributed by atoms with Crippen molar-refractivity contribution in [2.75, 3.05) is 18.9 Å². The Hall–Kier alpha value is 0.160. The third-order valence-electron chi connectivity index (χ3n) is 3.19. The van der Waals surface area contributed by atoms with E-state index in [2.05, 4.69) is 4.72 Å². The van der Waals surface area contributed by atoms with Crippen LogP contribution in [0, 0.1) is 5.92 Å². The number of nitrogens with one attached hydrogen (secondary N) is 1. The molecular weight excluding hydrogens is 274 g/mol. The van der Waals surface area contributed by atoms with Crippen molar-refractivity contribution in [2.24, 2.45) is 5.92 Å². The molecule has 0 aromatic carbocycles. The van der Waals surface area contributed by atoms with Gasteiger partial charge in [-0.3, -0.25) is 0 Å². The van der Waals surface area contributed by atoms with Gasteiger partial charge >= 0.3 is 0 Å². The van der Waals surface area contributed by atoms with Gasteiger partial charge in [-0.05, 0) is 32.6 Å². The molecule has 0 amide bonds. The van der Waals surface area contributed by atoms with Gasteiger partial charge in [-0.2, -0.15) is 0 Å². The van der Waals surface area contributed by atoms with Crippen LogP contribution in [0.2, 0.25) is 0 Å². The Bertz CT molecular complexity index is 332. The average Bonchev–Trinajstić information content (AvgIpc) is 2.27. The normalized spacial score (nSPS) is 25.6.